The van der Waals surface area contributed by atoms with E-state index in [1.165, 1.54) is 0 Å². The van der Waals surface area contributed by atoms with Crippen molar-refractivity contribution in [2.24, 2.45) is 0 Å². The second-order valence-corrected chi connectivity index (χ2v) is 5.69. The molecule has 0 unspecified atom stereocenters. The molecule has 24 heavy (non-hydrogen) atoms. The Morgan fingerprint density at radius 2 is 1.75 bits per heavy atom. The number of nitrogens with one attached hydrogen (secondary N) is 1. The Hall–Kier alpha value is -2.69. The van der Waals surface area contributed by atoms with Gasteiger partial charge >= 0.3 is 0 Å². The number of anilines is 1. The molecule has 0 aliphatic carbocycles. The molecule has 1 N–H and O–H groups in total. The zero-order valence-corrected chi connectivity index (χ0v) is 14.6. The summed E-state index contributed by atoms with van der Waals surface area (Å²) in [5.74, 6) is 1.33. The van der Waals surface area contributed by atoms with Crippen LogP contribution >= 0.6 is 0 Å². The summed E-state index contributed by atoms with van der Waals surface area (Å²) in [6, 6.07) is 13.5. The molecule has 5 heteroatoms. The fourth-order valence-corrected chi connectivity index (χ4v) is 2.37. The quantitative estimate of drug-likeness (QED) is 0.849. The van der Waals surface area contributed by atoms with E-state index in [-0.39, 0.29) is 12.3 Å². The van der Waals surface area contributed by atoms with Crippen LogP contribution in [0.25, 0.3) is 0 Å². The van der Waals surface area contributed by atoms with Gasteiger partial charge < -0.3 is 19.7 Å². The lowest BCUT2D eigenvalue weighted by Gasteiger charge is -2.13. The molecule has 2 rings (SSSR count). The van der Waals surface area contributed by atoms with Gasteiger partial charge in [0.05, 0.1) is 20.6 Å². The number of carbonyl (C=O) groups is 1. The maximum absolute atomic E-state index is 12.2. The largest absolute Gasteiger partial charge is 0.497 e. The molecule has 128 valence electrons. The molecule has 0 spiro atoms. The molecule has 5 nitrogen and oxygen atoms in total. The maximum Gasteiger partial charge on any atom is 0.224 e. The number of amides is 1. The molecule has 0 aliphatic rings. The van der Waals surface area contributed by atoms with E-state index in [2.05, 4.69) is 5.32 Å². The van der Waals surface area contributed by atoms with Gasteiger partial charge in [-0.1, -0.05) is 12.1 Å². The van der Waals surface area contributed by atoms with E-state index in [0.29, 0.717) is 18.0 Å². The van der Waals surface area contributed by atoms with Crippen LogP contribution in [0.15, 0.2) is 42.5 Å². The minimum absolute atomic E-state index is 0.0572. The molecule has 0 aliphatic heterocycles. The number of nitrogens with zero attached hydrogens (tertiary/aromatic N) is 1. The highest BCUT2D eigenvalue weighted by Gasteiger charge is 2.10. The smallest absolute Gasteiger partial charge is 0.224 e. The van der Waals surface area contributed by atoms with Gasteiger partial charge in [0.25, 0.3) is 0 Å². The third-order valence-corrected chi connectivity index (χ3v) is 3.78. The SMILES string of the molecule is COc1ccc(OC)c(CC(=O)NCc2ccc(N(C)C)cc2)c1. The Morgan fingerprint density at radius 3 is 2.33 bits per heavy atom. The molecule has 0 radical (unpaired) electrons. The van der Waals surface area contributed by atoms with Crippen LogP contribution in [0.3, 0.4) is 0 Å². The van der Waals surface area contributed by atoms with Crippen LogP contribution in [-0.2, 0) is 17.8 Å². The summed E-state index contributed by atoms with van der Waals surface area (Å²) in [6.45, 7) is 0.499. The van der Waals surface area contributed by atoms with Crippen LogP contribution in [0, 0.1) is 0 Å². The van der Waals surface area contributed by atoms with Gasteiger partial charge in [-0.15, -0.1) is 0 Å². The molecule has 1 amide bonds. The number of methoxy groups -OCH3 is 2. The Labute approximate surface area is 143 Å². The Morgan fingerprint density at radius 1 is 1.04 bits per heavy atom. The van der Waals surface area contributed by atoms with Crippen molar-refractivity contribution in [3.63, 3.8) is 0 Å². The topological polar surface area (TPSA) is 50.8 Å². The van der Waals surface area contributed by atoms with Crippen LogP contribution < -0.4 is 19.7 Å². The Kier molecular flexibility index (Phi) is 6.07. The van der Waals surface area contributed by atoms with Gasteiger partial charge in [-0.3, -0.25) is 4.79 Å². The average Bonchev–Trinajstić information content (AvgIpc) is 2.60. The van der Waals surface area contributed by atoms with Gasteiger partial charge in [-0.05, 0) is 35.9 Å². The lowest BCUT2D eigenvalue weighted by molar-refractivity contribution is -0.120. The van der Waals surface area contributed by atoms with Crippen LogP contribution in [0.2, 0.25) is 0 Å². The summed E-state index contributed by atoms with van der Waals surface area (Å²) in [7, 11) is 7.19. The average molecular weight is 328 g/mol. The Balaban J connectivity index is 1.96. The highest BCUT2D eigenvalue weighted by molar-refractivity contribution is 5.79. The van der Waals surface area contributed by atoms with Gasteiger partial charge in [0.15, 0.2) is 0 Å². The zero-order valence-electron chi connectivity index (χ0n) is 14.6. The predicted molar refractivity (Wildman–Crippen MR) is 95.9 cm³/mol. The fourth-order valence-electron chi connectivity index (χ4n) is 2.37. The van der Waals surface area contributed by atoms with Crippen molar-refractivity contribution < 1.29 is 14.3 Å². The number of hydrogen-bond acceptors (Lipinski definition) is 4. The molecular formula is C19H24N2O3. The Bertz CT molecular complexity index is 682. The molecule has 0 saturated carbocycles. The predicted octanol–water partition coefficient (Wildman–Crippen LogP) is 2.63. The van der Waals surface area contributed by atoms with Crippen molar-refractivity contribution in [1.82, 2.24) is 5.32 Å². The lowest BCUT2D eigenvalue weighted by atomic mass is 10.1. The third-order valence-electron chi connectivity index (χ3n) is 3.78. The number of rotatable bonds is 7. The minimum Gasteiger partial charge on any atom is -0.497 e. The van der Waals surface area contributed by atoms with Gasteiger partial charge in [0, 0.05) is 31.9 Å². The molecule has 0 heterocycles. The number of benzene rings is 2. The minimum atomic E-state index is -0.0572. The van der Waals surface area contributed by atoms with Crippen LogP contribution in [0.1, 0.15) is 11.1 Å². The van der Waals surface area contributed by atoms with E-state index >= 15 is 0 Å². The first-order chi connectivity index (χ1) is 11.5. The second-order valence-electron chi connectivity index (χ2n) is 5.69. The molecule has 0 aromatic heterocycles. The van der Waals surface area contributed by atoms with Gasteiger partial charge in [-0.2, -0.15) is 0 Å². The van der Waals surface area contributed by atoms with Crippen LogP contribution in [0.5, 0.6) is 11.5 Å². The van der Waals surface area contributed by atoms with E-state index in [0.717, 1.165) is 16.8 Å². The maximum atomic E-state index is 12.2. The first kappa shape index (κ1) is 17.7. The molecular weight excluding hydrogens is 304 g/mol. The number of ether oxygens (including phenoxy) is 2. The summed E-state index contributed by atoms with van der Waals surface area (Å²) < 4.78 is 10.5. The first-order valence-electron chi connectivity index (χ1n) is 7.77. The summed E-state index contributed by atoms with van der Waals surface area (Å²) in [4.78, 5) is 14.3. The summed E-state index contributed by atoms with van der Waals surface area (Å²) >= 11 is 0. The van der Waals surface area contributed by atoms with E-state index in [9.17, 15) is 4.79 Å². The van der Waals surface area contributed by atoms with Crippen molar-refractivity contribution in [3.8, 4) is 11.5 Å². The second kappa shape index (κ2) is 8.24. The lowest BCUT2D eigenvalue weighted by Crippen LogP contribution is -2.24. The van der Waals surface area contributed by atoms with Crippen molar-refractivity contribution in [2.75, 3.05) is 33.2 Å². The van der Waals surface area contributed by atoms with E-state index in [1.54, 1.807) is 20.3 Å². The zero-order chi connectivity index (χ0) is 17.5. The van der Waals surface area contributed by atoms with E-state index in [4.69, 9.17) is 9.47 Å². The summed E-state index contributed by atoms with van der Waals surface area (Å²) in [6.07, 6.45) is 0.246. The number of hydrogen-bond donors (Lipinski definition) is 1. The third kappa shape index (κ3) is 4.65. The monoisotopic (exact) mass is 328 g/mol. The van der Waals surface area contributed by atoms with Crippen molar-refractivity contribution >= 4 is 11.6 Å². The molecule has 0 bridgehead atoms. The molecule has 2 aromatic rings. The first-order valence-corrected chi connectivity index (χ1v) is 7.77. The fraction of sp³-hybridized carbons (Fsp3) is 0.316. The van der Waals surface area contributed by atoms with Crippen molar-refractivity contribution in [2.45, 2.75) is 13.0 Å². The van der Waals surface area contributed by atoms with Crippen LogP contribution in [-0.4, -0.2) is 34.2 Å². The molecule has 0 fully saturated rings. The van der Waals surface area contributed by atoms with E-state index in [1.807, 2.05) is 55.4 Å². The summed E-state index contributed by atoms with van der Waals surface area (Å²) in [5, 5.41) is 2.94. The normalized spacial score (nSPS) is 10.2. The van der Waals surface area contributed by atoms with Crippen molar-refractivity contribution in [1.29, 1.82) is 0 Å². The van der Waals surface area contributed by atoms with Gasteiger partial charge in [-0.25, -0.2) is 0 Å². The molecule has 0 atom stereocenters. The van der Waals surface area contributed by atoms with Gasteiger partial charge in [0.1, 0.15) is 11.5 Å². The van der Waals surface area contributed by atoms with Gasteiger partial charge in [0.2, 0.25) is 5.91 Å². The molecule has 0 saturated heterocycles. The van der Waals surface area contributed by atoms with E-state index < -0.39 is 0 Å². The number of carbonyl (C=O) groups excluding carboxylic acids is 1. The molecule has 2 aromatic carbocycles. The standard InChI is InChI=1S/C19H24N2O3/c1-21(2)16-7-5-14(6-8-16)13-20-19(22)12-15-11-17(23-3)9-10-18(15)24-4/h5-11H,12-13H2,1-4H3,(H,20,22). The van der Waals surface area contributed by atoms with Crippen molar-refractivity contribution in [3.05, 3.63) is 53.6 Å². The summed E-state index contributed by atoms with van der Waals surface area (Å²) in [5.41, 5.74) is 3.00. The van der Waals surface area contributed by atoms with Crippen LogP contribution in [0.4, 0.5) is 5.69 Å². The highest BCUT2D eigenvalue weighted by atomic mass is 16.5. The highest BCUT2D eigenvalue weighted by Crippen LogP contribution is 2.24.